The highest BCUT2D eigenvalue weighted by atomic mass is 16.5. The maximum atomic E-state index is 10.5. The van der Waals surface area contributed by atoms with Crippen LogP contribution >= 0.6 is 0 Å². The van der Waals surface area contributed by atoms with Crippen LogP contribution in [0.25, 0.3) is 11.2 Å². The number of imidazole rings is 1. The predicted octanol–water partition coefficient (Wildman–Crippen LogP) is 2.32. The van der Waals surface area contributed by atoms with E-state index in [1.54, 1.807) is 11.7 Å². The summed E-state index contributed by atoms with van der Waals surface area (Å²) >= 11 is 0. The standard InChI is InChI=1S/C24H35N7O3/c1-3-4-13-34-23-28-21(26)20-22(29-23)31(24(32)27-20)15-17-6-5-16(14-19(17)33-2)7-10-30-11-8-18(25)9-12-30/h5-6,14,18H,3-4,7-13,15,25H2,1-2H3,(H,27,32)(H2,26,28,29). The van der Waals surface area contributed by atoms with Crippen LogP contribution < -0.4 is 20.9 Å². The van der Waals surface area contributed by atoms with E-state index in [0.29, 0.717) is 30.4 Å². The molecule has 1 fully saturated rings. The maximum Gasteiger partial charge on any atom is 0.320 e. The molecule has 0 spiro atoms. The molecule has 10 heteroatoms. The second-order valence-electron chi connectivity index (χ2n) is 8.84. The maximum absolute atomic E-state index is 10.5. The number of nitrogens with zero attached hydrogens (tertiary/aromatic N) is 5. The lowest BCUT2D eigenvalue weighted by atomic mass is 10.0. The lowest BCUT2D eigenvalue weighted by molar-refractivity contribution is 0.215. The Morgan fingerprint density at radius 1 is 1.18 bits per heavy atom. The summed E-state index contributed by atoms with van der Waals surface area (Å²) in [5.74, 6) is 0.924. The molecule has 0 aliphatic carbocycles. The molecule has 1 aromatic carbocycles. The van der Waals surface area contributed by atoms with Gasteiger partial charge in [0.2, 0.25) is 0 Å². The van der Waals surface area contributed by atoms with Gasteiger partial charge in [-0.1, -0.05) is 25.5 Å². The fraction of sp³-hybridized carbons (Fsp3) is 0.542. The van der Waals surface area contributed by atoms with Gasteiger partial charge in [0, 0.05) is 18.2 Å². The fourth-order valence-corrected chi connectivity index (χ4v) is 4.22. The molecule has 3 heterocycles. The van der Waals surface area contributed by atoms with Crippen molar-refractivity contribution in [3.05, 3.63) is 29.3 Å². The Balaban J connectivity index is 1.52. The molecule has 0 radical (unpaired) electrons. The van der Waals surface area contributed by atoms with Crippen LogP contribution in [-0.4, -0.2) is 68.9 Å². The molecular weight excluding hydrogens is 434 g/mol. The van der Waals surface area contributed by atoms with Crippen LogP contribution in [0.15, 0.2) is 18.2 Å². The fourth-order valence-electron chi connectivity index (χ4n) is 4.22. The van der Waals surface area contributed by atoms with E-state index < -0.39 is 0 Å². The smallest absolute Gasteiger partial charge is 0.320 e. The number of aromatic hydroxyl groups is 1. The first kappa shape index (κ1) is 24.0. The quantitative estimate of drug-likeness (QED) is 0.382. The lowest BCUT2D eigenvalue weighted by Gasteiger charge is -2.30. The van der Waals surface area contributed by atoms with Crippen molar-refractivity contribution >= 4 is 17.0 Å². The number of ether oxygens (including phenoxy) is 2. The van der Waals surface area contributed by atoms with Gasteiger partial charge in [0.25, 0.3) is 6.01 Å². The monoisotopic (exact) mass is 469 g/mol. The molecule has 1 aliphatic rings. The van der Waals surface area contributed by atoms with Crippen LogP contribution in [-0.2, 0) is 13.0 Å². The molecule has 4 rings (SSSR count). The molecule has 184 valence electrons. The first-order valence-electron chi connectivity index (χ1n) is 12.0. The number of anilines is 1. The molecule has 2 aromatic heterocycles. The summed E-state index contributed by atoms with van der Waals surface area (Å²) in [5.41, 5.74) is 14.9. The van der Waals surface area contributed by atoms with Gasteiger partial charge in [-0.2, -0.15) is 15.0 Å². The summed E-state index contributed by atoms with van der Waals surface area (Å²) in [7, 11) is 1.65. The third-order valence-electron chi connectivity index (χ3n) is 6.34. The average Bonchev–Trinajstić information content (AvgIpc) is 3.15. The van der Waals surface area contributed by atoms with Crippen molar-refractivity contribution < 1.29 is 14.6 Å². The van der Waals surface area contributed by atoms with Crippen LogP contribution in [0.3, 0.4) is 0 Å². The van der Waals surface area contributed by atoms with Crippen molar-refractivity contribution in [3.63, 3.8) is 0 Å². The molecule has 10 nitrogen and oxygen atoms in total. The van der Waals surface area contributed by atoms with Crippen molar-refractivity contribution in [1.29, 1.82) is 0 Å². The molecule has 0 atom stereocenters. The number of methoxy groups -OCH3 is 1. The first-order valence-corrected chi connectivity index (χ1v) is 12.0. The Morgan fingerprint density at radius 3 is 2.71 bits per heavy atom. The zero-order chi connectivity index (χ0) is 24.1. The highest BCUT2D eigenvalue weighted by molar-refractivity contribution is 5.83. The van der Waals surface area contributed by atoms with E-state index >= 15 is 0 Å². The van der Waals surface area contributed by atoms with Crippen LogP contribution in [0, 0.1) is 0 Å². The number of hydrogen-bond acceptors (Lipinski definition) is 9. The van der Waals surface area contributed by atoms with Crippen molar-refractivity contribution in [1.82, 2.24) is 24.4 Å². The van der Waals surface area contributed by atoms with E-state index in [9.17, 15) is 5.11 Å². The van der Waals surface area contributed by atoms with Crippen LogP contribution in [0.2, 0.25) is 0 Å². The molecule has 3 aromatic rings. The molecule has 34 heavy (non-hydrogen) atoms. The Hall–Kier alpha value is -3.11. The minimum atomic E-state index is -0.184. The summed E-state index contributed by atoms with van der Waals surface area (Å²) < 4.78 is 12.9. The van der Waals surface area contributed by atoms with Crippen LogP contribution in [0.1, 0.15) is 43.7 Å². The Bertz CT molecular complexity index is 1110. The first-order chi connectivity index (χ1) is 16.5. The molecule has 1 saturated heterocycles. The van der Waals surface area contributed by atoms with Gasteiger partial charge < -0.3 is 30.9 Å². The molecule has 1 aliphatic heterocycles. The number of piperidine rings is 1. The molecular formula is C24H35N7O3. The van der Waals surface area contributed by atoms with Gasteiger partial charge >= 0.3 is 6.01 Å². The zero-order valence-corrected chi connectivity index (χ0v) is 20.0. The third kappa shape index (κ3) is 5.51. The van der Waals surface area contributed by atoms with Crippen molar-refractivity contribution in [2.24, 2.45) is 5.73 Å². The summed E-state index contributed by atoms with van der Waals surface area (Å²) in [6.45, 7) is 6.01. The van der Waals surface area contributed by atoms with Gasteiger partial charge in [-0.05, 0) is 50.4 Å². The Morgan fingerprint density at radius 2 is 1.97 bits per heavy atom. The second-order valence-corrected chi connectivity index (χ2v) is 8.84. The Labute approximate surface area is 199 Å². The number of benzene rings is 1. The minimum Gasteiger partial charge on any atom is -0.496 e. The number of rotatable bonds is 10. The molecule has 0 bridgehead atoms. The van der Waals surface area contributed by atoms with Gasteiger partial charge in [-0.3, -0.25) is 4.57 Å². The summed E-state index contributed by atoms with van der Waals surface area (Å²) in [5, 5.41) is 10.5. The number of fused-ring (bicyclic) bond motifs is 1. The number of aromatic nitrogens is 4. The van der Waals surface area contributed by atoms with E-state index in [1.807, 2.05) is 6.07 Å². The van der Waals surface area contributed by atoms with Crippen LogP contribution in [0.5, 0.6) is 17.8 Å². The third-order valence-corrected chi connectivity index (χ3v) is 6.34. The van der Waals surface area contributed by atoms with E-state index in [1.165, 1.54) is 5.56 Å². The Kier molecular flexibility index (Phi) is 7.69. The topological polar surface area (TPSA) is 138 Å². The normalized spacial score (nSPS) is 15.1. The number of hydrogen-bond donors (Lipinski definition) is 3. The molecule has 0 amide bonds. The van der Waals surface area contributed by atoms with Crippen molar-refractivity contribution in [2.45, 2.75) is 51.6 Å². The highest BCUT2D eigenvalue weighted by Gasteiger charge is 2.19. The summed E-state index contributed by atoms with van der Waals surface area (Å²) in [4.78, 5) is 15.2. The number of unbranched alkanes of at least 4 members (excludes halogenated alkanes) is 1. The predicted molar refractivity (Wildman–Crippen MR) is 131 cm³/mol. The van der Waals surface area contributed by atoms with E-state index in [0.717, 1.165) is 63.1 Å². The molecule has 0 saturated carbocycles. The van der Waals surface area contributed by atoms with Crippen LogP contribution in [0.4, 0.5) is 5.82 Å². The van der Waals surface area contributed by atoms with E-state index in [4.69, 9.17) is 20.9 Å². The highest BCUT2D eigenvalue weighted by Crippen LogP contribution is 2.29. The average molecular weight is 470 g/mol. The van der Waals surface area contributed by atoms with Gasteiger partial charge in [0.1, 0.15) is 5.75 Å². The lowest BCUT2D eigenvalue weighted by Crippen LogP contribution is -2.40. The minimum absolute atomic E-state index is 0.173. The van der Waals surface area contributed by atoms with E-state index in [2.05, 4.69) is 38.9 Å². The second kappa shape index (κ2) is 10.9. The van der Waals surface area contributed by atoms with Gasteiger partial charge in [-0.15, -0.1) is 0 Å². The van der Waals surface area contributed by atoms with E-state index in [-0.39, 0.29) is 17.8 Å². The van der Waals surface area contributed by atoms with Gasteiger partial charge in [0.05, 0.1) is 20.3 Å². The van der Waals surface area contributed by atoms with Gasteiger partial charge in [-0.25, -0.2) is 0 Å². The molecule has 0 unspecified atom stereocenters. The largest absolute Gasteiger partial charge is 0.496 e. The zero-order valence-electron chi connectivity index (χ0n) is 20.0. The molecule has 5 N–H and O–H groups in total. The summed E-state index contributed by atoms with van der Waals surface area (Å²) in [6.07, 6.45) is 4.94. The number of nitrogen functional groups attached to an aromatic ring is 1. The summed E-state index contributed by atoms with van der Waals surface area (Å²) in [6, 6.07) is 6.52. The SMILES string of the molecule is CCCCOc1nc(N)c2nc(O)n(Cc3ccc(CCN4CCC(N)CC4)cc3OC)c2n1. The van der Waals surface area contributed by atoms with Gasteiger partial charge in [0.15, 0.2) is 17.0 Å². The number of nitrogens with two attached hydrogens (primary N) is 2. The van der Waals surface area contributed by atoms with Crippen molar-refractivity contribution in [3.8, 4) is 17.8 Å². The van der Waals surface area contributed by atoms with Crippen molar-refractivity contribution in [2.75, 3.05) is 39.1 Å². The number of likely N-dealkylation sites (tertiary alicyclic amines) is 1.